The number of pyridine rings is 1. The number of aromatic nitrogens is 2. The Labute approximate surface area is 233 Å². The molecule has 1 aliphatic heterocycles. The van der Waals surface area contributed by atoms with Gasteiger partial charge in [-0.2, -0.15) is 5.10 Å². The van der Waals surface area contributed by atoms with Gasteiger partial charge in [0.15, 0.2) is 5.89 Å². The molecule has 9 heteroatoms. The number of benzene rings is 3. The molecule has 1 N–H and O–H groups in total. The Bertz CT molecular complexity index is 1740. The van der Waals surface area contributed by atoms with E-state index in [2.05, 4.69) is 9.97 Å². The highest BCUT2D eigenvalue weighted by Gasteiger charge is 2.35. The molecule has 1 amide bonds. The lowest BCUT2D eigenvalue weighted by atomic mass is 9.91. The average molecular weight is 557 g/mol. The summed E-state index contributed by atoms with van der Waals surface area (Å²) >= 11 is 12.3. The number of fused-ring (bicyclic) bond motifs is 1. The first-order valence-corrected chi connectivity index (χ1v) is 13.2. The molecule has 0 spiro atoms. The highest BCUT2D eigenvalue weighted by Crippen LogP contribution is 2.37. The quantitative estimate of drug-likeness (QED) is 0.249. The molecule has 0 bridgehead atoms. The van der Waals surface area contributed by atoms with Crippen LogP contribution >= 0.6 is 23.2 Å². The predicted molar refractivity (Wildman–Crippen MR) is 152 cm³/mol. The van der Waals surface area contributed by atoms with Crippen molar-refractivity contribution >= 4 is 45.7 Å². The summed E-state index contributed by atoms with van der Waals surface area (Å²) in [6, 6.07) is 21.9. The van der Waals surface area contributed by atoms with Gasteiger partial charge in [0.25, 0.3) is 5.56 Å². The number of amides is 1. The van der Waals surface area contributed by atoms with Gasteiger partial charge in [-0.3, -0.25) is 9.59 Å². The topological polar surface area (TPSA) is 91.6 Å². The van der Waals surface area contributed by atoms with E-state index in [0.29, 0.717) is 45.6 Å². The van der Waals surface area contributed by atoms with Crippen LogP contribution in [0, 0.1) is 0 Å². The van der Waals surface area contributed by atoms with Crippen LogP contribution in [0.3, 0.4) is 0 Å². The van der Waals surface area contributed by atoms with Gasteiger partial charge in [0.05, 0.1) is 23.5 Å². The van der Waals surface area contributed by atoms with Crippen LogP contribution in [-0.4, -0.2) is 26.6 Å². The number of nitrogens with zero attached hydrogens (tertiary/aromatic N) is 3. The third-order valence-corrected chi connectivity index (χ3v) is 7.30. The summed E-state index contributed by atoms with van der Waals surface area (Å²) in [5, 5.41) is 8.31. The van der Waals surface area contributed by atoms with Gasteiger partial charge in [-0.15, -0.1) is 0 Å². The second-order valence-electron chi connectivity index (χ2n) is 9.24. The number of hydrazone groups is 1. The van der Waals surface area contributed by atoms with Crippen molar-refractivity contribution in [1.82, 2.24) is 15.0 Å². The lowest BCUT2D eigenvalue weighted by Crippen LogP contribution is -2.27. The van der Waals surface area contributed by atoms with Gasteiger partial charge in [0.2, 0.25) is 5.91 Å². The number of oxazole rings is 1. The lowest BCUT2D eigenvalue weighted by molar-refractivity contribution is -0.133. The number of para-hydroxylation sites is 1. The summed E-state index contributed by atoms with van der Waals surface area (Å²) < 4.78 is 5.30. The first kappa shape index (κ1) is 25.1. The zero-order chi connectivity index (χ0) is 26.9. The number of hydrogen-bond acceptors (Lipinski definition) is 5. The minimum atomic E-state index is -0.404. The Kier molecular flexibility index (Phi) is 6.77. The fourth-order valence-electron chi connectivity index (χ4n) is 4.98. The summed E-state index contributed by atoms with van der Waals surface area (Å²) in [7, 11) is 0. The van der Waals surface area contributed by atoms with Gasteiger partial charge >= 0.3 is 0 Å². The van der Waals surface area contributed by atoms with E-state index >= 15 is 0 Å². The maximum atomic E-state index is 13.6. The molecule has 0 radical (unpaired) electrons. The smallest absolute Gasteiger partial charge is 0.258 e. The Morgan fingerprint density at radius 3 is 2.41 bits per heavy atom. The molecule has 0 fully saturated rings. The van der Waals surface area contributed by atoms with Crippen molar-refractivity contribution in [3.05, 3.63) is 123 Å². The van der Waals surface area contributed by atoms with E-state index in [1.807, 2.05) is 48.5 Å². The number of aryl methyl sites for hydroxylation is 1. The Morgan fingerprint density at radius 2 is 1.69 bits per heavy atom. The Hall–Kier alpha value is -4.20. The normalized spacial score (nSPS) is 15.1. The fourth-order valence-corrected chi connectivity index (χ4v) is 5.23. The second-order valence-corrected chi connectivity index (χ2v) is 10.1. The molecule has 2 aromatic heterocycles. The number of H-pyrrole nitrogens is 1. The van der Waals surface area contributed by atoms with Crippen molar-refractivity contribution in [1.29, 1.82) is 0 Å². The highest BCUT2D eigenvalue weighted by molar-refractivity contribution is 6.31. The molecule has 3 aromatic carbocycles. The van der Waals surface area contributed by atoms with Crippen molar-refractivity contribution < 1.29 is 9.21 Å². The number of nitrogens with one attached hydrogen (secondary N) is 1. The molecular weight excluding hydrogens is 535 g/mol. The third-order valence-electron chi connectivity index (χ3n) is 6.80. The summed E-state index contributed by atoms with van der Waals surface area (Å²) in [5.41, 5.74) is 3.83. The number of aromatic amines is 1. The lowest BCUT2D eigenvalue weighted by Gasteiger charge is -2.22. The van der Waals surface area contributed by atoms with E-state index in [1.54, 1.807) is 30.5 Å². The van der Waals surface area contributed by atoms with E-state index < -0.39 is 6.04 Å². The maximum absolute atomic E-state index is 13.6. The number of carbonyl (C=O) groups is 1. The molecule has 0 unspecified atom stereocenters. The van der Waals surface area contributed by atoms with Crippen molar-refractivity contribution in [3.8, 4) is 11.1 Å². The van der Waals surface area contributed by atoms with Crippen molar-refractivity contribution in [2.45, 2.75) is 25.3 Å². The van der Waals surface area contributed by atoms with Crippen LogP contribution in [0.5, 0.6) is 0 Å². The van der Waals surface area contributed by atoms with Crippen LogP contribution in [0.2, 0.25) is 10.0 Å². The van der Waals surface area contributed by atoms with Crippen LogP contribution in [0.15, 0.2) is 99.6 Å². The average Bonchev–Trinajstić information content (AvgIpc) is 3.63. The van der Waals surface area contributed by atoms with Crippen molar-refractivity contribution in [3.63, 3.8) is 0 Å². The number of hydrogen-bond donors (Lipinski definition) is 1. The van der Waals surface area contributed by atoms with Gasteiger partial charge in [0.1, 0.15) is 6.26 Å². The maximum Gasteiger partial charge on any atom is 0.258 e. The molecular formula is C30H22Cl2N4O3. The molecule has 0 saturated heterocycles. The second kappa shape index (κ2) is 10.5. The number of carbonyl (C=O) groups excluding carboxylic acids is 1. The minimum absolute atomic E-state index is 0.152. The zero-order valence-electron chi connectivity index (χ0n) is 20.6. The predicted octanol–water partition coefficient (Wildman–Crippen LogP) is 6.80. The molecule has 0 saturated carbocycles. The van der Waals surface area contributed by atoms with Gasteiger partial charge in [0, 0.05) is 45.8 Å². The van der Waals surface area contributed by atoms with Gasteiger partial charge < -0.3 is 9.40 Å². The van der Waals surface area contributed by atoms with Gasteiger partial charge in [-0.1, -0.05) is 65.7 Å². The van der Waals surface area contributed by atoms with E-state index in [9.17, 15) is 9.59 Å². The van der Waals surface area contributed by atoms with Crippen molar-refractivity contribution in [2.24, 2.45) is 5.10 Å². The fraction of sp³-hybridized carbons (Fsp3) is 0.133. The summed E-state index contributed by atoms with van der Waals surface area (Å²) in [6.07, 6.45) is 3.88. The standard InChI is InChI=1S/C30H22Cl2N4O3/c31-20-9-5-18(6-10-20)25-17-24(35-36(25)27(37)14-13-26-33-15-16-39-26)29-28(19-7-11-21(32)12-8-19)22-3-1-2-4-23(22)34-30(29)38/h1-12,15-16,25H,13-14,17H2,(H,34,38)/t25-/m0/s1. The van der Waals surface area contributed by atoms with E-state index in [4.69, 9.17) is 32.7 Å². The molecule has 6 rings (SSSR count). The third kappa shape index (κ3) is 4.99. The summed E-state index contributed by atoms with van der Waals surface area (Å²) in [6.45, 7) is 0. The van der Waals surface area contributed by atoms with Crippen molar-refractivity contribution in [2.75, 3.05) is 0 Å². The van der Waals surface area contributed by atoms with Crippen LogP contribution < -0.4 is 5.56 Å². The van der Waals surface area contributed by atoms with Crippen LogP contribution in [-0.2, 0) is 11.2 Å². The van der Waals surface area contributed by atoms with Gasteiger partial charge in [-0.25, -0.2) is 9.99 Å². The van der Waals surface area contributed by atoms with Crippen LogP contribution in [0.1, 0.15) is 35.9 Å². The summed E-state index contributed by atoms with van der Waals surface area (Å²) in [5.74, 6) is 0.277. The largest absolute Gasteiger partial charge is 0.449 e. The first-order chi connectivity index (χ1) is 19.0. The molecule has 194 valence electrons. The van der Waals surface area contributed by atoms with E-state index in [1.165, 1.54) is 11.3 Å². The number of halogens is 2. The molecule has 1 aliphatic rings. The number of rotatable bonds is 6. The molecule has 1 atom stereocenters. The minimum Gasteiger partial charge on any atom is -0.449 e. The Balaban J connectivity index is 1.48. The molecule has 3 heterocycles. The molecule has 5 aromatic rings. The van der Waals surface area contributed by atoms with Crippen LogP contribution in [0.4, 0.5) is 0 Å². The van der Waals surface area contributed by atoms with Gasteiger partial charge in [-0.05, 0) is 41.5 Å². The van der Waals surface area contributed by atoms with E-state index in [0.717, 1.165) is 22.1 Å². The first-order valence-electron chi connectivity index (χ1n) is 12.4. The SMILES string of the molecule is O=C(CCc1ncco1)N1N=C(c2c(-c3ccc(Cl)cc3)c3ccccc3[nH]c2=O)C[C@H]1c1ccc(Cl)cc1. The highest BCUT2D eigenvalue weighted by atomic mass is 35.5. The molecule has 7 nitrogen and oxygen atoms in total. The monoisotopic (exact) mass is 556 g/mol. The molecule has 0 aliphatic carbocycles. The zero-order valence-corrected chi connectivity index (χ0v) is 22.1. The molecule has 39 heavy (non-hydrogen) atoms. The Morgan fingerprint density at radius 1 is 0.974 bits per heavy atom. The summed E-state index contributed by atoms with van der Waals surface area (Å²) in [4.78, 5) is 34.2. The van der Waals surface area contributed by atoms with Crippen LogP contribution in [0.25, 0.3) is 22.0 Å². The van der Waals surface area contributed by atoms with E-state index in [-0.39, 0.29) is 17.9 Å².